The molecule has 0 radical (unpaired) electrons. The Hall–Kier alpha value is -2.77. The van der Waals surface area contributed by atoms with Gasteiger partial charge in [-0.15, -0.1) is 15.3 Å². The molecule has 1 saturated heterocycles. The zero-order valence-electron chi connectivity index (χ0n) is 14.8. The first-order valence-electron chi connectivity index (χ1n) is 9.30. The van der Waals surface area contributed by atoms with Gasteiger partial charge in [-0.2, -0.15) is 4.52 Å². The SMILES string of the molecule is Cc1ccnc(NC2CCCN(c3ccc4nnc(C5CC5)n4n3)C2)n1. The van der Waals surface area contributed by atoms with Crippen molar-refractivity contribution in [1.29, 1.82) is 0 Å². The lowest BCUT2D eigenvalue weighted by Crippen LogP contribution is -2.43. The highest BCUT2D eigenvalue weighted by Gasteiger charge is 2.30. The molecular weight excluding hydrogens is 328 g/mol. The van der Waals surface area contributed by atoms with Crippen molar-refractivity contribution >= 4 is 17.4 Å². The fourth-order valence-corrected chi connectivity index (χ4v) is 3.56. The Balaban J connectivity index is 1.36. The smallest absolute Gasteiger partial charge is 0.223 e. The first-order valence-corrected chi connectivity index (χ1v) is 9.30. The van der Waals surface area contributed by atoms with Gasteiger partial charge in [-0.25, -0.2) is 9.97 Å². The minimum atomic E-state index is 0.312. The Morgan fingerprint density at radius 2 is 2.04 bits per heavy atom. The second kappa shape index (κ2) is 6.19. The molecule has 0 aromatic carbocycles. The van der Waals surface area contributed by atoms with Crippen LogP contribution in [0.1, 0.15) is 43.1 Å². The summed E-state index contributed by atoms with van der Waals surface area (Å²) < 4.78 is 1.92. The normalized spacial score (nSPS) is 20.5. The van der Waals surface area contributed by atoms with E-state index in [0.29, 0.717) is 17.9 Å². The Bertz CT molecular complexity index is 932. The predicted octanol–water partition coefficient (Wildman–Crippen LogP) is 2.18. The molecule has 26 heavy (non-hydrogen) atoms. The molecule has 1 aliphatic carbocycles. The fourth-order valence-electron chi connectivity index (χ4n) is 3.56. The van der Waals surface area contributed by atoms with E-state index in [1.54, 1.807) is 6.20 Å². The van der Waals surface area contributed by atoms with Gasteiger partial charge in [0, 0.05) is 36.9 Å². The van der Waals surface area contributed by atoms with Crippen LogP contribution < -0.4 is 10.2 Å². The van der Waals surface area contributed by atoms with E-state index in [9.17, 15) is 0 Å². The first-order chi connectivity index (χ1) is 12.8. The molecule has 8 nitrogen and oxygen atoms in total. The molecule has 8 heteroatoms. The van der Waals surface area contributed by atoms with Crippen LogP contribution >= 0.6 is 0 Å². The molecule has 1 aliphatic heterocycles. The van der Waals surface area contributed by atoms with E-state index in [4.69, 9.17) is 5.10 Å². The minimum absolute atomic E-state index is 0.312. The number of hydrogen-bond donors (Lipinski definition) is 1. The van der Waals surface area contributed by atoms with E-state index in [0.717, 1.165) is 48.9 Å². The van der Waals surface area contributed by atoms with Crippen LogP contribution in [0.25, 0.3) is 5.65 Å². The van der Waals surface area contributed by atoms with Crippen LogP contribution in [-0.4, -0.2) is 48.9 Å². The number of aromatic nitrogens is 6. The van der Waals surface area contributed by atoms with Gasteiger partial charge in [0.25, 0.3) is 0 Å². The van der Waals surface area contributed by atoms with E-state index in [1.165, 1.54) is 12.8 Å². The largest absolute Gasteiger partial charge is 0.353 e. The molecule has 1 unspecified atom stereocenters. The molecule has 1 atom stereocenters. The summed E-state index contributed by atoms with van der Waals surface area (Å²) in [5.74, 6) is 3.22. The molecule has 0 spiro atoms. The number of rotatable bonds is 4. The summed E-state index contributed by atoms with van der Waals surface area (Å²) in [6.07, 6.45) is 6.40. The van der Waals surface area contributed by atoms with Crippen molar-refractivity contribution in [2.75, 3.05) is 23.3 Å². The van der Waals surface area contributed by atoms with Crippen molar-refractivity contribution in [3.05, 3.63) is 35.9 Å². The third kappa shape index (κ3) is 2.95. The van der Waals surface area contributed by atoms with E-state index in [-0.39, 0.29) is 0 Å². The highest BCUT2D eigenvalue weighted by atomic mass is 15.4. The van der Waals surface area contributed by atoms with Crippen molar-refractivity contribution in [1.82, 2.24) is 29.8 Å². The molecule has 2 fully saturated rings. The van der Waals surface area contributed by atoms with Crippen LogP contribution in [0, 0.1) is 6.92 Å². The minimum Gasteiger partial charge on any atom is -0.353 e. The van der Waals surface area contributed by atoms with Crippen molar-refractivity contribution in [3.8, 4) is 0 Å². The number of nitrogens with one attached hydrogen (secondary N) is 1. The molecule has 1 N–H and O–H groups in total. The first kappa shape index (κ1) is 15.5. The highest BCUT2D eigenvalue weighted by Crippen LogP contribution is 2.38. The summed E-state index contributed by atoms with van der Waals surface area (Å²) >= 11 is 0. The summed E-state index contributed by atoms with van der Waals surface area (Å²) in [5, 5.41) is 16.9. The number of hydrogen-bond acceptors (Lipinski definition) is 7. The Labute approximate surface area is 151 Å². The maximum absolute atomic E-state index is 4.83. The second-order valence-corrected chi connectivity index (χ2v) is 7.25. The standard InChI is InChI=1S/C18H22N8/c1-12-8-9-19-18(20-12)21-14-3-2-10-25(11-14)16-7-6-15-22-23-17(13-4-5-13)26(15)24-16/h6-9,13-14H,2-5,10-11H2,1H3,(H,19,20,21). The molecule has 3 aromatic rings. The summed E-state index contributed by atoms with van der Waals surface area (Å²) in [5.41, 5.74) is 1.80. The van der Waals surface area contributed by atoms with Crippen molar-refractivity contribution in [3.63, 3.8) is 0 Å². The molecule has 0 bridgehead atoms. The van der Waals surface area contributed by atoms with Gasteiger partial charge < -0.3 is 10.2 Å². The third-order valence-electron chi connectivity index (χ3n) is 5.09. The van der Waals surface area contributed by atoms with Gasteiger partial charge in [0.05, 0.1) is 0 Å². The Kier molecular flexibility index (Phi) is 3.69. The molecule has 0 amide bonds. The Morgan fingerprint density at radius 1 is 1.12 bits per heavy atom. The van der Waals surface area contributed by atoms with Crippen LogP contribution in [-0.2, 0) is 0 Å². The van der Waals surface area contributed by atoms with Crippen molar-refractivity contribution in [2.24, 2.45) is 0 Å². The van der Waals surface area contributed by atoms with Crippen molar-refractivity contribution in [2.45, 2.75) is 44.6 Å². The predicted molar refractivity (Wildman–Crippen MR) is 98.4 cm³/mol. The van der Waals surface area contributed by atoms with Crippen LogP contribution in [0.15, 0.2) is 24.4 Å². The Morgan fingerprint density at radius 3 is 2.88 bits per heavy atom. The van der Waals surface area contributed by atoms with Gasteiger partial charge in [0.1, 0.15) is 5.82 Å². The summed E-state index contributed by atoms with van der Waals surface area (Å²) in [6.45, 7) is 3.87. The second-order valence-electron chi connectivity index (χ2n) is 7.25. The number of piperidine rings is 1. The monoisotopic (exact) mass is 350 g/mol. The van der Waals surface area contributed by atoms with Gasteiger partial charge in [-0.3, -0.25) is 0 Å². The zero-order chi connectivity index (χ0) is 17.5. The average Bonchev–Trinajstić information content (AvgIpc) is 3.41. The summed E-state index contributed by atoms with van der Waals surface area (Å²) in [4.78, 5) is 11.1. The number of aryl methyl sites for hydroxylation is 1. The van der Waals surface area contributed by atoms with E-state index >= 15 is 0 Å². The maximum Gasteiger partial charge on any atom is 0.223 e. The number of anilines is 2. The third-order valence-corrected chi connectivity index (χ3v) is 5.09. The van der Waals surface area contributed by atoms with E-state index in [2.05, 4.69) is 30.4 Å². The molecule has 134 valence electrons. The lowest BCUT2D eigenvalue weighted by atomic mass is 10.1. The van der Waals surface area contributed by atoms with Crippen LogP contribution in [0.2, 0.25) is 0 Å². The van der Waals surface area contributed by atoms with Crippen LogP contribution in [0.4, 0.5) is 11.8 Å². The highest BCUT2D eigenvalue weighted by molar-refractivity contribution is 5.47. The molecule has 3 aromatic heterocycles. The summed E-state index contributed by atoms with van der Waals surface area (Å²) in [6, 6.07) is 6.29. The number of fused-ring (bicyclic) bond motifs is 1. The topological polar surface area (TPSA) is 84.1 Å². The van der Waals surface area contributed by atoms with Gasteiger partial charge in [0.15, 0.2) is 11.5 Å². The van der Waals surface area contributed by atoms with Gasteiger partial charge in [-0.1, -0.05) is 0 Å². The lowest BCUT2D eigenvalue weighted by molar-refractivity contribution is 0.521. The quantitative estimate of drug-likeness (QED) is 0.772. The molecule has 2 aliphatic rings. The van der Waals surface area contributed by atoms with Crippen LogP contribution in [0.3, 0.4) is 0 Å². The molecule has 1 saturated carbocycles. The van der Waals surface area contributed by atoms with Gasteiger partial charge in [-0.05, 0) is 50.8 Å². The van der Waals surface area contributed by atoms with E-state index in [1.807, 2.05) is 29.6 Å². The fraction of sp³-hybridized carbons (Fsp3) is 0.500. The lowest BCUT2D eigenvalue weighted by Gasteiger charge is -2.33. The average molecular weight is 350 g/mol. The van der Waals surface area contributed by atoms with Crippen LogP contribution in [0.5, 0.6) is 0 Å². The van der Waals surface area contributed by atoms with Crippen molar-refractivity contribution < 1.29 is 0 Å². The number of nitrogens with zero attached hydrogens (tertiary/aromatic N) is 7. The molecule has 5 rings (SSSR count). The maximum atomic E-state index is 4.83. The molecule has 4 heterocycles. The zero-order valence-corrected chi connectivity index (χ0v) is 14.8. The van der Waals surface area contributed by atoms with E-state index < -0.39 is 0 Å². The summed E-state index contributed by atoms with van der Waals surface area (Å²) in [7, 11) is 0. The van der Waals surface area contributed by atoms with Gasteiger partial charge >= 0.3 is 0 Å². The van der Waals surface area contributed by atoms with Gasteiger partial charge in [0.2, 0.25) is 5.95 Å². The molecular formula is C18H22N8.